The van der Waals surface area contributed by atoms with Crippen molar-refractivity contribution >= 4 is 5.82 Å². The van der Waals surface area contributed by atoms with Crippen molar-refractivity contribution < 1.29 is 13.9 Å². The van der Waals surface area contributed by atoms with E-state index in [2.05, 4.69) is 23.3 Å². The molecule has 0 amide bonds. The van der Waals surface area contributed by atoms with Gasteiger partial charge in [-0.2, -0.15) is 0 Å². The van der Waals surface area contributed by atoms with Crippen molar-refractivity contribution in [2.45, 2.75) is 25.4 Å². The van der Waals surface area contributed by atoms with Gasteiger partial charge < -0.3 is 19.7 Å². The van der Waals surface area contributed by atoms with Gasteiger partial charge in [0.15, 0.2) is 23.1 Å². The molecule has 1 aromatic heterocycles. The maximum Gasteiger partial charge on any atom is 0.231 e. The molecule has 3 heterocycles. The first-order chi connectivity index (χ1) is 11.7. The summed E-state index contributed by atoms with van der Waals surface area (Å²) < 4.78 is 24.7. The summed E-state index contributed by atoms with van der Waals surface area (Å²) in [6.45, 7) is 3.97. The molecule has 2 aliphatic heterocycles. The molecule has 2 unspecified atom stereocenters. The summed E-state index contributed by atoms with van der Waals surface area (Å²) in [6.07, 6.45) is 2.60. The van der Waals surface area contributed by atoms with E-state index in [1.165, 1.54) is 6.07 Å². The van der Waals surface area contributed by atoms with Crippen molar-refractivity contribution in [3.8, 4) is 11.5 Å². The smallest absolute Gasteiger partial charge is 0.231 e. The minimum absolute atomic E-state index is 0.179. The van der Waals surface area contributed by atoms with E-state index in [1.54, 1.807) is 12.3 Å². The summed E-state index contributed by atoms with van der Waals surface area (Å²) in [7, 11) is 0. The Balaban J connectivity index is 1.40. The van der Waals surface area contributed by atoms with E-state index in [0.29, 0.717) is 11.9 Å². The zero-order valence-electron chi connectivity index (χ0n) is 13.5. The van der Waals surface area contributed by atoms with E-state index in [1.807, 2.05) is 17.0 Å². The molecule has 2 aromatic rings. The average molecular weight is 329 g/mol. The Morgan fingerprint density at radius 2 is 2.17 bits per heavy atom. The van der Waals surface area contributed by atoms with Crippen molar-refractivity contribution in [3.63, 3.8) is 0 Å². The van der Waals surface area contributed by atoms with Crippen molar-refractivity contribution in [2.24, 2.45) is 0 Å². The van der Waals surface area contributed by atoms with E-state index in [0.717, 1.165) is 36.6 Å². The van der Waals surface area contributed by atoms with Gasteiger partial charge in [-0.05, 0) is 43.2 Å². The summed E-state index contributed by atoms with van der Waals surface area (Å²) in [5.74, 6) is 1.77. The number of hydrogen-bond acceptors (Lipinski definition) is 5. The van der Waals surface area contributed by atoms with Crippen LogP contribution in [0.2, 0.25) is 0 Å². The van der Waals surface area contributed by atoms with Crippen molar-refractivity contribution in [1.29, 1.82) is 0 Å². The second kappa shape index (κ2) is 6.28. The first kappa shape index (κ1) is 15.2. The van der Waals surface area contributed by atoms with Gasteiger partial charge in [-0.1, -0.05) is 6.07 Å². The first-order valence-corrected chi connectivity index (χ1v) is 8.22. The molecule has 24 heavy (non-hydrogen) atoms. The molecule has 2 atom stereocenters. The van der Waals surface area contributed by atoms with Crippen molar-refractivity contribution in [1.82, 2.24) is 10.3 Å². The van der Waals surface area contributed by atoms with Gasteiger partial charge in [0.05, 0.1) is 0 Å². The third-order valence-corrected chi connectivity index (χ3v) is 4.61. The molecule has 6 heteroatoms. The Hall–Kier alpha value is -2.34. The fourth-order valence-electron chi connectivity index (χ4n) is 3.33. The highest BCUT2D eigenvalue weighted by Gasteiger charge is 2.26. The van der Waals surface area contributed by atoms with E-state index in [-0.39, 0.29) is 18.7 Å². The number of pyridine rings is 1. The van der Waals surface area contributed by atoms with Crippen LogP contribution in [0.1, 0.15) is 24.9 Å². The number of aromatic nitrogens is 1. The number of nitrogens with one attached hydrogen (secondary N) is 1. The standard InChI is InChI=1S/C18H20FN3O2/c1-12(13-4-5-16-17(9-13)24-11-23-16)21-14-6-8-22(10-14)18-15(19)3-2-7-20-18/h2-5,7,9,12,14,21H,6,8,10-11H2,1H3. The molecule has 5 nitrogen and oxygen atoms in total. The quantitative estimate of drug-likeness (QED) is 0.934. The van der Waals surface area contributed by atoms with Crippen LogP contribution >= 0.6 is 0 Å². The fraction of sp³-hybridized carbons (Fsp3) is 0.389. The van der Waals surface area contributed by atoms with E-state index in [9.17, 15) is 4.39 Å². The van der Waals surface area contributed by atoms with Crippen LogP contribution in [0.3, 0.4) is 0 Å². The predicted molar refractivity (Wildman–Crippen MR) is 88.9 cm³/mol. The maximum absolute atomic E-state index is 13.9. The monoisotopic (exact) mass is 329 g/mol. The Kier molecular flexibility index (Phi) is 3.98. The van der Waals surface area contributed by atoms with Crippen LogP contribution < -0.4 is 19.7 Å². The van der Waals surface area contributed by atoms with Crippen molar-refractivity contribution in [3.05, 3.63) is 47.9 Å². The Bertz CT molecular complexity index is 740. The van der Waals surface area contributed by atoms with Crippen LogP contribution in [0, 0.1) is 5.82 Å². The summed E-state index contributed by atoms with van der Waals surface area (Å²) in [4.78, 5) is 6.16. The van der Waals surface area contributed by atoms with Crippen LogP contribution in [0.15, 0.2) is 36.5 Å². The van der Waals surface area contributed by atoms with Crippen LogP contribution in [0.25, 0.3) is 0 Å². The minimum atomic E-state index is -0.262. The summed E-state index contributed by atoms with van der Waals surface area (Å²) in [5.41, 5.74) is 1.15. The number of fused-ring (bicyclic) bond motifs is 1. The lowest BCUT2D eigenvalue weighted by Crippen LogP contribution is -2.34. The summed E-state index contributed by atoms with van der Waals surface area (Å²) >= 11 is 0. The third kappa shape index (κ3) is 2.89. The number of anilines is 1. The molecule has 1 N–H and O–H groups in total. The number of halogens is 1. The molecule has 1 fully saturated rings. The minimum Gasteiger partial charge on any atom is -0.454 e. The molecule has 0 saturated carbocycles. The second-order valence-corrected chi connectivity index (χ2v) is 6.24. The summed E-state index contributed by atoms with van der Waals surface area (Å²) in [5, 5.41) is 3.62. The number of nitrogens with zero attached hydrogens (tertiary/aromatic N) is 2. The highest BCUT2D eigenvalue weighted by Crippen LogP contribution is 2.34. The lowest BCUT2D eigenvalue weighted by molar-refractivity contribution is 0.174. The van der Waals surface area contributed by atoms with Gasteiger partial charge in [0.2, 0.25) is 6.79 Å². The Morgan fingerprint density at radius 1 is 1.29 bits per heavy atom. The van der Waals surface area contributed by atoms with E-state index in [4.69, 9.17) is 9.47 Å². The zero-order chi connectivity index (χ0) is 16.5. The third-order valence-electron chi connectivity index (χ3n) is 4.61. The van der Waals surface area contributed by atoms with Crippen molar-refractivity contribution in [2.75, 3.05) is 24.8 Å². The number of ether oxygens (including phenoxy) is 2. The second-order valence-electron chi connectivity index (χ2n) is 6.24. The van der Waals surface area contributed by atoms with Crippen LogP contribution in [0.5, 0.6) is 11.5 Å². The number of rotatable bonds is 4. The average Bonchev–Trinajstić information content (AvgIpc) is 3.23. The highest BCUT2D eigenvalue weighted by atomic mass is 19.1. The predicted octanol–water partition coefficient (Wildman–Crippen LogP) is 2.88. The molecular formula is C18H20FN3O2. The largest absolute Gasteiger partial charge is 0.454 e. The lowest BCUT2D eigenvalue weighted by Gasteiger charge is -2.21. The molecule has 0 spiro atoms. The molecule has 126 valence electrons. The lowest BCUT2D eigenvalue weighted by atomic mass is 10.1. The van der Waals surface area contributed by atoms with E-state index >= 15 is 0 Å². The number of hydrogen-bond donors (Lipinski definition) is 1. The SMILES string of the molecule is CC(NC1CCN(c2ncccc2F)C1)c1ccc2c(c1)OCO2. The van der Waals surface area contributed by atoms with Gasteiger partial charge in [-0.25, -0.2) is 9.37 Å². The topological polar surface area (TPSA) is 46.6 Å². The number of benzene rings is 1. The molecule has 0 aliphatic carbocycles. The first-order valence-electron chi connectivity index (χ1n) is 8.22. The van der Waals surface area contributed by atoms with E-state index < -0.39 is 0 Å². The highest BCUT2D eigenvalue weighted by molar-refractivity contribution is 5.45. The molecular weight excluding hydrogens is 309 g/mol. The molecule has 4 rings (SSSR count). The van der Waals surface area contributed by atoms with Gasteiger partial charge in [0, 0.05) is 31.4 Å². The van der Waals surface area contributed by atoms with Gasteiger partial charge in [0.25, 0.3) is 0 Å². The van der Waals surface area contributed by atoms with Gasteiger partial charge >= 0.3 is 0 Å². The Labute approximate surface area is 140 Å². The molecule has 0 radical (unpaired) electrons. The summed E-state index contributed by atoms with van der Waals surface area (Å²) in [6, 6.07) is 9.57. The van der Waals surface area contributed by atoms with Crippen LogP contribution in [-0.2, 0) is 0 Å². The van der Waals surface area contributed by atoms with Gasteiger partial charge in [-0.3, -0.25) is 0 Å². The molecule has 1 aromatic carbocycles. The van der Waals surface area contributed by atoms with Gasteiger partial charge in [0.1, 0.15) is 0 Å². The molecule has 2 aliphatic rings. The van der Waals surface area contributed by atoms with Crippen LogP contribution in [0.4, 0.5) is 10.2 Å². The fourth-order valence-corrected chi connectivity index (χ4v) is 3.33. The normalized spacial score (nSPS) is 20.4. The Morgan fingerprint density at radius 3 is 3.04 bits per heavy atom. The van der Waals surface area contributed by atoms with Crippen LogP contribution in [-0.4, -0.2) is 30.9 Å². The zero-order valence-corrected chi connectivity index (χ0v) is 13.5. The maximum atomic E-state index is 13.9. The van der Waals surface area contributed by atoms with Gasteiger partial charge in [-0.15, -0.1) is 0 Å². The molecule has 0 bridgehead atoms. The molecule has 1 saturated heterocycles.